The molecule has 23 heavy (non-hydrogen) atoms. The summed E-state index contributed by atoms with van der Waals surface area (Å²) in [5.41, 5.74) is 0. The average Bonchev–Trinajstić information content (AvgIpc) is 2.42. The Kier molecular flexibility index (Phi) is 25.1. The molecule has 1 amide bonds. The van der Waals surface area contributed by atoms with Gasteiger partial charge in [-0.3, -0.25) is 9.59 Å². The van der Waals surface area contributed by atoms with E-state index in [0.29, 0.717) is 12.6 Å². The number of carbonyl (C=O) groups is 3. The number of nitrogens with zero attached hydrogens (tertiary/aromatic N) is 1. The third-order valence-corrected chi connectivity index (χ3v) is 2.81. The molecule has 0 atom stereocenters. The van der Waals surface area contributed by atoms with Crippen LogP contribution in [0.25, 0.3) is 0 Å². The van der Waals surface area contributed by atoms with Crippen LogP contribution in [0.4, 0.5) is 0 Å². The van der Waals surface area contributed by atoms with Crippen molar-refractivity contribution >= 4 is 24.1 Å². The number of hydrogen-bond donors (Lipinski definition) is 2. The van der Waals surface area contributed by atoms with E-state index in [0.717, 1.165) is 26.2 Å². The molecule has 0 fully saturated rings. The van der Waals surface area contributed by atoms with Crippen LogP contribution in [-0.2, 0) is 14.4 Å². The molecule has 0 radical (unpaired) electrons. The van der Waals surface area contributed by atoms with E-state index in [9.17, 15) is 9.59 Å². The van der Waals surface area contributed by atoms with Gasteiger partial charge in [0.15, 0.2) is 0 Å². The maximum atomic E-state index is 11.1. The maximum absolute atomic E-state index is 11.1. The monoisotopic (exact) mass is 339 g/mol. The zero-order chi connectivity index (χ0) is 17.2. The standard InChI is InChI=1S/C14H25NO3.C2H4O2.Na.H/c1-2-3-4-5-6-7-8-9-10-11-13(16)15-12-14(17)18;1-2(3)4;;/h12H,2-11H2,1H3,(H,17,18);1H3,(H,3,4);;/q;;+1;-1. The van der Waals surface area contributed by atoms with Crippen LogP contribution in [0.2, 0.25) is 0 Å². The molecule has 7 heteroatoms. The van der Waals surface area contributed by atoms with Gasteiger partial charge in [0.05, 0.1) is 0 Å². The Morgan fingerprint density at radius 1 is 0.913 bits per heavy atom. The van der Waals surface area contributed by atoms with Gasteiger partial charge in [-0.05, 0) is 6.42 Å². The van der Waals surface area contributed by atoms with Crippen molar-refractivity contribution in [3.05, 3.63) is 0 Å². The van der Waals surface area contributed by atoms with Crippen molar-refractivity contribution in [3.8, 4) is 0 Å². The Morgan fingerprint density at radius 3 is 1.70 bits per heavy atom. The Morgan fingerprint density at radius 2 is 1.30 bits per heavy atom. The van der Waals surface area contributed by atoms with Crippen LogP contribution >= 0.6 is 0 Å². The Labute approximate surface area is 162 Å². The third kappa shape index (κ3) is 33.9. The predicted molar refractivity (Wildman–Crippen MR) is 87.4 cm³/mol. The summed E-state index contributed by atoms with van der Waals surface area (Å²) in [6.45, 7) is 3.30. The van der Waals surface area contributed by atoms with E-state index in [-0.39, 0.29) is 36.9 Å². The molecule has 130 valence electrons. The van der Waals surface area contributed by atoms with Crippen LogP contribution in [0.3, 0.4) is 0 Å². The summed E-state index contributed by atoms with van der Waals surface area (Å²) in [5.74, 6) is -2.34. The molecule has 0 aliphatic carbocycles. The first-order valence-corrected chi connectivity index (χ1v) is 7.89. The van der Waals surface area contributed by atoms with Gasteiger partial charge in [-0.2, -0.15) is 0 Å². The summed E-state index contributed by atoms with van der Waals surface area (Å²) in [7, 11) is 0. The van der Waals surface area contributed by atoms with Crippen molar-refractivity contribution in [2.75, 3.05) is 0 Å². The average molecular weight is 339 g/mol. The van der Waals surface area contributed by atoms with Crippen LogP contribution < -0.4 is 29.6 Å². The normalized spacial score (nSPS) is 9.65. The van der Waals surface area contributed by atoms with Crippen molar-refractivity contribution in [2.24, 2.45) is 4.99 Å². The van der Waals surface area contributed by atoms with E-state index in [1.807, 2.05) is 0 Å². The molecule has 6 nitrogen and oxygen atoms in total. The molecule has 2 N–H and O–H groups in total. The fraction of sp³-hybridized carbons (Fsp3) is 0.750. The zero-order valence-corrected chi connectivity index (χ0v) is 16.7. The Hall–Kier alpha value is -0.720. The van der Waals surface area contributed by atoms with Gasteiger partial charge < -0.3 is 11.6 Å². The molecule has 0 spiro atoms. The van der Waals surface area contributed by atoms with E-state index >= 15 is 0 Å². The number of amides is 1. The van der Waals surface area contributed by atoms with Gasteiger partial charge in [-0.25, -0.2) is 9.79 Å². The maximum Gasteiger partial charge on any atom is 1.00 e. The second-order valence-corrected chi connectivity index (χ2v) is 5.09. The summed E-state index contributed by atoms with van der Waals surface area (Å²) in [4.78, 5) is 33.5. The molecule has 0 aliphatic rings. The van der Waals surface area contributed by atoms with Crippen LogP contribution in [0.5, 0.6) is 0 Å². The number of carbonyl (C=O) groups excluding carboxylic acids is 1. The van der Waals surface area contributed by atoms with Gasteiger partial charge in [0.2, 0.25) is 5.91 Å². The summed E-state index contributed by atoms with van der Waals surface area (Å²) in [6, 6.07) is 0. The summed E-state index contributed by atoms with van der Waals surface area (Å²) in [5, 5.41) is 15.7. The largest absolute Gasteiger partial charge is 1.00 e. The molecule has 0 aliphatic heterocycles. The van der Waals surface area contributed by atoms with E-state index in [1.54, 1.807) is 0 Å². The molecule has 0 aromatic heterocycles. The van der Waals surface area contributed by atoms with Crippen molar-refractivity contribution in [2.45, 2.75) is 78.1 Å². The number of unbranched alkanes of at least 4 members (excludes halogenated alkanes) is 8. The van der Waals surface area contributed by atoms with E-state index in [4.69, 9.17) is 15.0 Å². The van der Waals surface area contributed by atoms with Gasteiger partial charge >= 0.3 is 35.5 Å². The first-order valence-electron chi connectivity index (χ1n) is 7.89. The van der Waals surface area contributed by atoms with Crippen LogP contribution in [-0.4, -0.2) is 34.3 Å². The predicted octanol–water partition coefficient (Wildman–Crippen LogP) is 0.797. The quantitative estimate of drug-likeness (QED) is 0.329. The number of carboxylic acids is 2. The minimum Gasteiger partial charge on any atom is -1.00 e. The van der Waals surface area contributed by atoms with Gasteiger partial charge in [0.1, 0.15) is 6.21 Å². The van der Waals surface area contributed by atoms with E-state index in [2.05, 4.69) is 11.9 Å². The minimum absolute atomic E-state index is 0. The fourth-order valence-electron chi connectivity index (χ4n) is 1.78. The first-order chi connectivity index (χ1) is 10.4. The van der Waals surface area contributed by atoms with Crippen molar-refractivity contribution in [1.82, 2.24) is 0 Å². The molecular weight excluding hydrogens is 309 g/mol. The van der Waals surface area contributed by atoms with Gasteiger partial charge in [0.25, 0.3) is 5.97 Å². The SMILES string of the molecule is CC(=O)O.CCCCCCCCCCCC(=O)N=CC(=O)O.[H-].[Na+]. The number of rotatable bonds is 11. The zero-order valence-electron chi connectivity index (χ0n) is 15.7. The minimum atomic E-state index is -1.17. The molecule has 0 bridgehead atoms. The molecule has 0 aromatic carbocycles. The molecule has 0 rings (SSSR count). The van der Waals surface area contributed by atoms with Gasteiger partial charge in [-0.15, -0.1) is 0 Å². The molecule has 0 unspecified atom stereocenters. The summed E-state index contributed by atoms with van der Waals surface area (Å²) >= 11 is 0. The molecule has 0 aromatic rings. The smallest absolute Gasteiger partial charge is 1.00 e. The summed E-state index contributed by atoms with van der Waals surface area (Å²) in [6.07, 6.45) is 11.8. The van der Waals surface area contributed by atoms with Gasteiger partial charge in [-0.1, -0.05) is 58.3 Å². The van der Waals surface area contributed by atoms with Crippen LogP contribution in [0, 0.1) is 0 Å². The van der Waals surface area contributed by atoms with Crippen LogP contribution in [0.15, 0.2) is 4.99 Å². The number of carboxylic acid groups (broad SMARTS) is 2. The Balaban J connectivity index is -0.000000298. The van der Waals surface area contributed by atoms with Crippen molar-refractivity contribution in [1.29, 1.82) is 0 Å². The van der Waals surface area contributed by atoms with E-state index < -0.39 is 11.9 Å². The molecule has 0 saturated carbocycles. The molecule has 0 saturated heterocycles. The van der Waals surface area contributed by atoms with Gasteiger partial charge in [0, 0.05) is 13.3 Å². The van der Waals surface area contributed by atoms with E-state index in [1.165, 1.54) is 38.5 Å². The second-order valence-electron chi connectivity index (χ2n) is 5.09. The first kappa shape index (κ1) is 27.1. The summed E-state index contributed by atoms with van der Waals surface area (Å²) < 4.78 is 0. The second kappa shape index (κ2) is 21.3. The fourth-order valence-corrected chi connectivity index (χ4v) is 1.78. The number of aliphatic imine (C=N–C) groups is 1. The van der Waals surface area contributed by atoms with Crippen molar-refractivity contribution < 1.29 is 55.6 Å². The number of hydrogen-bond acceptors (Lipinski definition) is 3. The number of aliphatic carboxylic acids is 2. The molecule has 0 heterocycles. The Bertz CT molecular complexity index is 347. The molecular formula is C16H30NNaO5. The van der Waals surface area contributed by atoms with Crippen LogP contribution in [0.1, 0.15) is 79.5 Å². The third-order valence-electron chi connectivity index (χ3n) is 2.81. The van der Waals surface area contributed by atoms with Crippen molar-refractivity contribution in [3.63, 3.8) is 0 Å². The topological polar surface area (TPSA) is 104 Å².